The molecule has 0 bridgehead atoms. The molecular formula is C12H17ClN2OS. The highest BCUT2D eigenvalue weighted by atomic mass is 35.5. The van der Waals surface area contributed by atoms with Crippen molar-refractivity contribution in [2.45, 2.75) is 19.4 Å². The summed E-state index contributed by atoms with van der Waals surface area (Å²) in [6.07, 6.45) is 0. The zero-order valence-electron chi connectivity index (χ0n) is 10.2. The summed E-state index contributed by atoms with van der Waals surface area (Å²) in [5.74, 6) is 0. The molecule has 0 aliphatic carbocycles. The number of thiocarbonyl (C=S) groups is 1. The third-order valence-electron chi connectivity index (χ3n) is 2.90. The smallest absolute Gasteiger partial charge is 0.105 e. The van der Waals surface area contributed by atoms with Crippen LogP contribution in [0.25, 0.3) is 0 Å². The van der Waals surface area contributed by atoms with Crippen LogP contribution in [0.2, 0.25) is 5.02 Å². The molecule has 0 unspecified atom stereocenters. The molecule has 5 heteroatoms. The Morgan fingerprint density at radius 2 is 2.12 bits per heavy atom. The molecule has 3 nitrogen and oxygen atoms in total. The van der Waals surface area contributed by atoms with E-state index in [0.717, 1.165) is 5.69 Å². The summed E-state index contributed by atoms with van der Waals surface area (Å²) >= 11 is 11.0. The van der Waals surface area contributed by atoms with E-state index < -0.39 is 0 Å². The topological polar surface area (TPSA) is 49.5 Å². The average Bonchev–Trinajstić information content (AvgIpc) is 2.27. The monoisotopic (exact) mass is 272 g/mol. The molecule has 1 rings (SSSR count). The van der Waals surface area contributed by atoms with Gasteiger partial charge in [-0.2, -0.15) is 0 Å². The van der Waals surface area contributed by atoms with Crippen molar-refractivity contribution in [3.05, 3.63) is 28.8 Å². The molecule has 0 aromatic heterocycles. The first kappa shape index (κ1) is 14.2. The number of hydrogen-bond acceptors (Lipinski definition) is 3. The van der Waals surface area contributed by atoms with Gasteiger partial charge in [-0.25, -0.2) is 0 Å². The molecule has 0 amide bonds. The van der Waals surface area contributed by atoms with E-state index in [1.54, 1.807) is 12.1 Å². The van der Waals surface area contributed by atoms with Crippen LogP contribution in [0.4, 0.5) is 5.69 Å². The first-order valence-electron chi connectivity index (χ1n) is 5.23. The van der Waals surface area contributed by atoms with Gasteiger partial charge in [-0.3, -0.25) is 0 Å². The van der Waals surface area contributed by atoms with E-state index in [-0.39, 0.29) is 17.1 Å². The second kappa shape index (κ2) is 5.21. The normalized spacial score (nSPS) is 11.4. The van der Waals surface area contributed by atoms with Crippen molar-refractivity contribution in [3.8, 4) is 0 Å². The molecule has 0 saturated heterocycles. The number of likely N-dealkylation sites (N-methyl/N-ethyl adjacent to an activating group) is 1. The molecule has 0 aliphatic rings. The maximum absolute atomic E-state index is 9.32. The van der Waals surface area contributed by atoms with Crippen LogP contribution >= 0.6 is 23.8 Å². The molecule has 0 radical (unpaired) electrons. The minimum absolute atomic E-state index is 0.0537. The van der Waals surface area contributed by atoms with E-state index in [4.69, 9.17) is 29.6 Å². The predicted octanol–water partition coefficient (Wildman–Crippen LogP) is 2.18. The summed E-state index contributed by atoms with van der Waals surface area (Å²) in [6.45, 7) is 3.95. The summed E-state index contributed by atoms with van der Waals surface area (Å²) in [7, 11) is 1.91. The number of halogens is 1. The van der Waals surface area contributed by atoms with E-state index in [1.807, 2.05) is 31.9 Å². The Labute approximate surface area is 112 Å². The predicted molar refractivity (Wildman–Crippen MR) is 76.9 cm³/mol. The van der Waals surface area contributed by atoms with Crippen LogP contribution in [0.15, 0.2) is 18.2 Å². The van der Waals surface area contributed by atoms with Crippen molar-refractivity contribution in [3.63, 3.8) is 0 Å². The van der Waals surface area contributed by atoms with Crippen LogP contribution in [0.3, 0.4) is 0 Å². The molecule has 0 fully saturated rings. The Morgan fingerprint density at radius 3 is 2.53 bits per heavy atom. The molecular weight excluding hydrogens is 256 g/mol. The summed E-state index contributed by atoms with van der Waals surface area (Å²) in [6, 6.07) is 5.48. The standard InChI is InChI=1S/C12H17ClN2OS/c1-12(2,7-16)15(3)8-4-5-9(11(14)17)10(13)6-8/h4-6,16H,7H2,1-3H3,(H2,14,17). The minimum Gasteiger partial charge on any atom is -0.394 e. The van der Waals surface area contributed by atoms with E-state index in [0.29, 0.717) is 10.6 Å². The lowest BCUT2D eigenvalue weighted by Crippen LogP contribution is -2.44. The average molecular weight is 273 g/mol. The minimum atomic E-state index is -0.353. The summed E-state index contributed by atoms with van der Waals surface area (Å²) < 4.78 is 0. The van der Waals surface area contributed by atoms with E-state index in [9.17, 15) is 5.11 Å². The molecule has 0 heterocycles. The molecule has 1 aromatic carbocycles. The first-order chi connectivity index (χ1) is 7.79. The van der Waals surface area contributed by atoms with Crippen molar-refractivity contribution in [2.24, 2.45) is 5.73 Å². The molecule has 94 valence electrons. The summed E-state index contributed by atoms with van der Waals surface area (Å²) in [4.78, 5) is 2.24. The largest absolute Gasteiger partial charge is 0.394 e. The van der Waals surface area contributed by atoms with Gasteiger partial charge < -0.3 is 15.7 Å². The van der Waals surface area contributed by atoms with Gasteiger partial charge in [0, 0.05) is 18.3 Å². The van der Waals surface area contributed by atoms with Gasteiger partial charge >= 0.3 is 0 Å². The fourth-order valence-corrected chi connectivity index (χ4v) is 1.88. The highest BCUT2D eigenvalue weighted by Gasteiger charge is 2.23. The number of rotatable bonds is 4. The quantitative estimate of drug-likeness (QED) is 0.825. The van der Waals surface area contributed by atoms with Crippen LogP contribution in [-0.4, -0.2) is 29.3 Å². The van der Waals surface area contributed by atoms with Crippen LogP contribution < -0.4 is 10.6 Å². The fourth-order valence-electron chi connectivity index (χ4n) is 1.37. The first-order valence-corrected chi connectivity index (χ1v) is 6.02. The molecule has 0 atom stereocenters. The number of aliphatic hydroxyl groups is 1. The fraction of sp³-hybridized carbons (Fsp3) is 0.417. The Bertz CT molecular complexity index is 435. The maximum Gasteiger partial charge on any atom is 0.105 e. The Kier molecular flexibility index (Phi) is 4.36. The van der Waals surface area contributed by atoms with Crippen LogP contribution in [0.1, 0.15) is 19.4 Å². The van der Waals surface area contributed by atoms with E-state index in [1.165, 1.54) is 0 Å². The van der Waals surface area contributed by atoms with Gasteiger partial charge in [0.15, 0.2) is 0 Å². The molecule has 0 aliphatic heterocycles. The molecule has 17 heavy (non-hydrogen) atoms. The maximum atomic E-state index is 9.32. The van der Waals surface area contributed by atoms with Gasteiger partial charge in [0.1, 0.15) is 4.99 Å². The van der Waals surface area contributed by atoms with Crippen molar-refractivity contribution in [1.82, 2.24) is 0 Å². The van der Waals surface area contributed by atoms with Gasteiger partial charge in [-0.1, -0.05) is 23.8 Å². The Hall–Kier alpha value is -0.840. The number of hydrogen-bond donors (Lipinski definition) is 2. The molecule has 0 saturated carbocycles. The number of anilines is 1. The zero-order chi connectivity index (χ0) is 13.2. The van der Waals surface area contributed by atoms with Crippen LogP contribution in [-0.2, 0) is 0 Å². The number of benzene rings is 1. The van der Waals surface area contributed by atoms with Crippen molar-refractivity contribution < 1.29 is 5.11 Å². The lowest BCUT2D eigenvalue weighted by molar-refractivity contribution is 0.216. The van der Waals surface area contributed by atoms with Gasteiger partial charge in [0.25, 0.3) is 0 Å². The van der Waals surface area contributed by atoms with Crippen molar-refractivity contribution >= 4 is 34.5 Å². The van der Waals surface area contributed by atoms with E-state index in [2.05, 4.69) is 0 Å². The molecule has 1 aromatic rings. The SMILES string of the molecule is CN(c1ccc(C(N)=S)c(Cl)c1)C(C)(C)CO. The summed E-state index contributed by atoms with van der Waals surface area (Å²) in [5.41, 5.74) is 6.77. The number of aliphatic hydroxyl groups excluding tert-OH is 1. The third kappa shape index (κ3) is 3.09. The van der Waals surface area contributed by atoms with Gasteiger partial charge in [0.05, 0.1) is 17.2 Å². The van der Waals surface area contributed by atoms with Gasteiger partial charge in [-0.05, 0) is 32.0 Å². The molecule has 0 spiro atoms. The Morgan fingerprint density at radius 1 is 1.53 bits per heavy atom. The summed E-state index contributed by atoms with van der Waals surface area (Å²) in [5, 5.41) is 9.85. The third-order valence-corrected chi connectivity index (χ3v) is 3.43. The van der Waals surface area contributed by atoms with Crippen LogP contribution in [0, 0.1) is 0 Å². The zero-order valence-corrected chi connectivity index (χ0v) is 11.8. The van der Waals surface area contributed by atoms with Gasteiger partial charge in [0.2, 0.25) is 0 Å². The van der Waals surface area contributed by atoms with Crippen molar-refractivity contribution in [1.29, 1.82) is 0 Å². The number of nitrogens with zero attached hydrogens (tertiary/aromatic N) is 1. The second-order valence-electron chi connectivity index (χ2n) is 4.56. The molecule has 3 N–H and O–H groups in total. The van der Waals surface area contributed by atoms with Crippen molar-refractivity contribution in [2.75, 3.05) is 18.6 Å². The van der Waals surface area contributed by atoms with Gasteiger partial charge in [-0.15, -0.1) is 0 Å². The lowest BCUT2D eigenvalue weighted by atomic mass is 10.0. The number of nitrogens with two attached hydrogens (primary N) is 1. The van der Waals surface area contributed by atoms with E-state index >= 15 is 0 Å². The Balaban J connectivity index is 3.10. The lowest BCUT2D eigenvalue weighted by Gasteiger charge is -2.36. The highest BCUT2D eigenvalue weighted by Crippen LogP contribution is 2.27. The highest BCUT2D eigenvalue weighted by molar-refractivity contribution is 7.80. The second-order valence-corrected chi connectivity index (χ2v) is 5.40. The van der Waals surface area contributed by atoms with Crippen LogP contribution in [0.5, 0.6) is 0 Å².